The zero-order chi connectivity index (χ0) is 13.0. The van der Waals surface area contributed by atoms with Gasteiger partial charge in [0, 0.05) is 23.4 Å². The number of aryl methyl sites for hydroxylation is 1. The molecule has 0 aliphatic carbocycles. The number of hydrogen-bond donors (Lipinski definition) is 2. The molecule has 4 nitrogen and oxygen atoms in total. The van der Waals surface area contributed by atoms with Gasteiger partial charge in [0.15, 0.2) is 0 Å². The highest BCUT2D eigenvalue weighted by atomic mass is 16.5. The van der Waals surface area contributed by atoms with Gasteiger partial charge in [-0.1, -0.05) is 24.3 Å². The van der Waals surface area contributed by atoms with Crippen LogP contribution < -0.4 is 10.5 Å². The van der Waals surface area contributed by atoms with Gasteiger partial charge in [-0.25, -0.2) is 4.98 Å². The summed E-state index contributed by atoms with van der Waals surface area (Å²) in [5.41, 5.74) is 8.09. The number of nitrogens with two attached hydrogens (primary N) is 1. The summed E-state index contributed by atoms with van der Waals surface area (Å²) in [7, 11) is 0. The first kappa shape index (κ1) is 12.5. The first-order valence-corrected chi connectivity index (χ1v) is 5.78. The summed E-state index contributed by atoms with van der Waals surface area (Å²) in [6.45, 7) is 2.19. The van der Waals surface area contributed by atoms with Crippen molar-refractivity contribution in [3.05, 3.63) is 53.2 Å². The van der Waals surface area contributed by atoms with Gasteiger partial charge >= 0.3 is 0 Å². The smallest absolute Gasteiger partial charge is 0.223 e. The lowest BCUT2D eigenvalue weighted by Gasteiger charge is -2.12. The summed E-state index contributed by atoms with van der Waals surface area (Å²) < 4.78 is 5.75. The second-order valence-corrected chi connectivity index (χ2v) is 3.99. The maximum Gasteiger partial charge on any atom is 0.223 e. The second kappa shape index (κ2) is 5.62. The van der Waals surface area contributed by atoms with Crippen LogP contribution in [-0.2, 0) is 13.2 Å². The molecule has 2 rings (SSSR count). The molecule has 3 N–H and O–H groups in total. The average molecular weight is 244 g/mol. The highest BCUT2D eigenvalue weighted by Gasteiger charge is 2.08. The molecule has 94 valence electrons. The highest BCUT2D eigenvalue weighted by molar-refractivity contribution is 5.38. The van der Waals surface area contributed by atoms with Crippen LogP contribution in [0.3, 0.4) is 0 Å². The van der Waals surface area contributed by atoms with Crippen molar-refractivity contribution in [1.29, 1.82) is 0 Å². The first-order valence-electron chi connectivity index (χ1n) is 5.78. The van der Waals surface area contributed by atoms with E-state index in [4.69, 9.17) is 10.5 Å². The Bertz CT molecular complexity index is 541. The zero-order valence-corrected chi connectivity index (χ0v) is 10.3. The average Bonchev–Trinajstić information content (AvgIpc) is 2.40. The fourth-order valence-electron chi connectivity index (χ4n) is 1.64. The molecule has 18 heavy (non-hydrogen) atoms. The van der Waals surface area contributed by atoms with E-state index in [1.807, 2.05) is 37.3 Å². The molecule has 4 heteroatoms. The van der Waals surface area contributed by atoms with E-state index in [2.05, 4.69) is 4.98 Å². The SMILES string of the molecule is Cc1ccc(CN)c(Oc2ccccc2CO)n1. The van der Waals surface area contributed by atoms with Crippen molar-refractivity contribution in [2.24, 2.45) is 5.73 Å². The second-order valence-electron chi connectivity index (χ2n) is 3.99. The quantitative estimate of drug-likeness (QED) is 0.864. The van der Waals surface area contributed by atoms with E-state index >= 15 is 0 Å². The largest absolute Gasteiger partial charge is 0.438 e. The molecular weight excluding hydrogens is 228 g/mol. The number of nitrogens with zero attached hydrogens (tertiary/aromatic N) is 1. The van der Waals surface area contributed by atoms with Crippen LogP contribution in [0.2, 0.25) is 0 Å². The number of benzene rings is 1. The van der Waals surface area contributed by atoms with Gasteiger partial charge < -0.3 is 15.6 Å². The van der Waals surface area contributed by atoms with Crippen LogP contribution in [0.15, 0.2) is 36.4 Å². The molecule has 0 amide bonds. The van der Waals surface area contributed by atoms with Gasteiger partial charge in [0.25, 0.3) is 0 Å². The van der Waals surface area contributed by atoms with E-state index < -0.39 is 0 Å². The molecule has 0 fully saturated rings. The number of aromatic nitrogens is 1. The van der Waals surface area contributed by atoms with Crippen LogP contribution in [-0.4, -0.2) is 10.1 Å². The molecule has 1 aromatic carbocycles. The van der Waals surface area contributed by atoms with Crippen molar-refractivity contribution in [2.45, 2.75) is 20.1 Å². The van der Waals surface area contributed by atoms with Gasteiger partial charge in [-0.05, 0) is 19.1 Å². The molecule has 0 saturated heterocycles. The van der Waals surface area contributed by atoms with E-state index in [1.54, 1.807) is 6.07 Å². The van der Waals surface area contributed by atoms with Crippen LogP contribution in [0.4, 0.5) is 0 Å². The molecule has 1 heterocycles. The molecule has 0 spiro atoms. The van der Waals surface area contributed by atoms with Gasteiger partial charge in [-0.3, -0.25) is 0 Å². The van der Waals surface area contributed by atoms with E-state index in [9.17, 15) is 5.11 Å². The Kier molecular flexibility index (Phi) is 3.92. The van der Waals surface area contributed by atoms with E-state index in [0.717, 1.165) is 16.8 Å². The predicted molar refractivity (Wildman–Crippen MR) is 69.3 cm³/mol. The molecule has 2 aromatic rings. The molecule has 0 saturated carbocycles. The predicted octanol–water partition coefficient (Wildman–Crippen LogP) is 2.13. The number of hydrogen-bond acceptors (Lipinski definition) is 4. The van der Waals surface area contributed by atoms with Crippen molar-refractivity contribution in [3.63, 3.8) is 0 Å². The van der Waals surface area contributed by atoms with Crippen LogP contribution in [0, 0.1) is 6.92 Å². The summed E-state index contributed by atoms with van der Waals surface area (Å²) in [4.78, 5) is 4.33. The molecule has 0 bridgehead atoms. The Hall–Kier alpha value is -1.91. The molecular formula is C14H16N2O2. The third kappa shape index (κ3) is 2.67. The van der Waals surface area contributed by atoms with E-state index in [0.29, 0.717) is 18.2 Å². The van der Waals surface area contributed by atoms with Crippen molar-refractivity contribution >= 4 is 0 Å². The van der Waals surface area contributed by atoms with Gasteiger partial charge in [-0.2, -0.15) is 0 Å². The minimum absolute atomic E-state index is 0.0695. The molecule has 0 unspecified atom stereocenters. The van der Waals surface area contributed by atoms with Crippen molar-refractivity contribution in [3.8, 4) is 11.6 Å². The Balaban J connectivity index is 2.36. The molecule has 0 aliphatic rings. The highest BCUT2D eigenvalue weighted by Crippen LogP contribution is 2.26. The van der Waals surface area contributed by atoms with Crippen LogP contribution in [0.1, 0.15) is 16.8 Å². The minimum atomic E-state index is -0.0695. The Morgan fingerprint density at radius 2 is 1.94 bits per heavy atom. The zero-order valence-electron chi connectivity index (χ0n) is 10.3. The van der Waals surface area contributed by atoms with Crippen molar-refractivity contribution in [2.75, 3.05) is 0 Å². The van der Waals surface area contributed by atoms with Crippen LogP contribution in [0.5, 0.6) is 11.6 Å². The third-order valence-corrected chi connectivity index (χ3v) is 2.65. The molecule has 1 aromatic heterocycles. The summed E-state index contributed by atoms with van der Waals surface area (Å²) in [5, 5.41) is 9.25. The number of aliphatic hydroxyl groups excluding tert-OH is 1. The number of pyridine rings is 1. The van der Waals surface area contributed by atoms with Crippen molar-refractivity contribution in [1.82, 2.24) is 4.98 Å². The maximum atomic E-state index is 9.25. The fourth-order valence-corrected chi connectivity index (χ4v) is 1.64. The fraction of sp³-hybridized carbons (Fsp3) is 0.214. The van der Waals surface area contributed by atoms with Crippen LogP contribution in [0.25, 0.3) is 0 Å². The Labute approximate surface area is 106 Å². The molecule has 0 atom stereocenters. The summed E-state index contributed by atoms with van der Waals surface area (Å²) >= 11 is 0. The van der Waals surface area contributed by atoms with Gasteiger partial charge in [0.1, 0.15) is 5.75 Å². The third-order valence-electron chi connectivity index (χ3n) is 2.65. The normalized spacial score (nSPS) is 10.4. The number of para-hydroxylation sites is 1. The van der Waals surface area contributed by atoms with Crippen molar-refractivity contribution < 1.29 is 9.84 Å². The summed E-state index contributed by atoms with van der Waals surface area (Å²) in [5.74, 6) is 1.10. The van der Waals surface area contributed by atoms with E-state index in [-0.39, 0.29) is 6.61 Å². The standard InChI is InChI=1S/C14H16N2O2/c1-10-6-7-11(8-15)14(16-10)18-13-5-3-2-4-12(13)9-17/h2-7,17H,8-9,15H2,1H3. The monoisotopic (exact) mass is 244 g/mol. The van der Waals surface area contributed by atoms with E-state index in [1.165, 1.54) is 0 Å². The topological polar surface area (TPSA) is 68.4 Å². The summed E-state index contributed by atoms with van der Waals surface area (Å²) in [6.07, 6.45) is 0. The van der Waals surface area contributed by atoms with Gasteiger partial charge in [-0.15, -0.1) is 0 Å². The Morgan fingerprint density at radius 1 is 1.17 bits per heavy atom. The van der Waals surface area contributed by atoms with Gasteiger partial charge in [0.2, 0.25) is 5.88 Å². The number of ether oxygens (including phenoxy) is 1. The molecule has 0 aliphatic heterocycles. The maximum absolute atomic E-state index is 9.25. The lowest BCUT2D eigenvalue weighted by atomic mass is 10.2. The summed E-state index contributed by atoms with van der Waals surface area (Å²) in [6, 6.07) is 11.1. The van der Waals surface area contributed by atoms with Gasteiger partial charge in [0.05, 0.1) is 6.61 Å². The molecule has 0 radical (unpaired) electrons. The minimum Gasteiger partial charge on any atom is -0.438 e. The number of rotatable bonds is 4. The lowest BCUT2D eigenvalue weighted by molar-refractivity contribution is 0.276. The Morgan fingerprint density at radius 3 is 2.67 bits per heavy atom. The van der Waals surface area contributed by atoms with Crippen LogP contribution >= 0.6 is 0 Å². The number of aliphatic hydroxyl groups is 1. The lowest BCUT2D eigenvalue weighted by Crippen LogP contribution is -2.03. The first-order chi connectivity index (χ1) is 8.74.